The molecule has 1 unspecified atom stereocenters. The number of aromatic nitrogens is 1. The molecule has 6 heteroatoms. The van der Waals surface area contributed by atoms with Crippen molar-refractivity contribution in [3.63, 3.8) is 0 Å². The fourth-order valence-corrected chi connectivity index (χ4v) is 1.96. The molecule has 1 amide bonds. The van der Waals surface area contributed by atoms with Gasteiger partial charge in [0, 0.05) is 16.7 Å². The first kappa shape index (κ1) is 13.4. The van der Waals surface area contributed by atoms with Crippen molar-refractivity contribution in [1.29, 1.82) is 0 Å². The van der Waals surface area contributed by atoms with Gasteiger partial charge in [-0.2, -0.15) is 0 Å². The zero-order valence-corrected chi connectivity index (χ0v) is 11.0. The van der Waals surface area contributed by atoms with E-state index in [2.05, 4.69) is 5.32 Å². The Morgan fingerprint density at radius 3 is 2.84 bits per heavy atom. The molecule has 1 atom stereocenters. The number of carbonyl (C=O) groups excluding carboxylic acids is 1. The number of hydrogen-bond acceptors (Lipinski definition) is 2. The molecule has 1 heterocycles. The van der Waals surface area contributed by atoms with E-state index in [1.165, 1.54) is 6.92 Å². The molecule has 0 bridgehead atoms. The summed E-state index contributed by atoms with van der Waals surface area (Å²) in [5.74, 6) is -1.42. The first-order chi connectivity index (χ1) is 8.97. The summed E-state index contributed by atoms with van der Waals surface area (Å²) in [6, 6.07) is 6.38. The number of nitrogens with one attached hydrogen (secondary N) is 1. The van der Waals surface area contributed by atoms with Crippen LogP contribution in [0.15, 0.2) is 30.5 Å². The lowest BCUT2D eigenvalue weighted by Crippen LogP contribution is -2.39. The van der Waals surface area contributed by atoms with Crippen LogP contribution in [0.2, 0.25) is 5.02 Å². The average molecular weight is 281 g/mol. The molecule has 0 spiro atoms. The van der Waals surface area contributed by atoms with E-state index in [-0.39, 0.29) is 12.5 Å². The Morgan fingerprint density at radius 2 is 2.16 bits per heavy atom. The van der Waals surface area contributed by atoms with Crippen LogP contribution >= 0.6 is 11.6 Å². The number of nitrogens with zero attached hydrogens (tertiary/aromatic N) is 1. The van der Waals surface area contributed by atoms with E-state index in [1.54, 1.807) is 22.9 Å². The van der Waals surface area contributed by atoms with Crippen LogP contribution in [-0.4, -0.2) is 27.6 Å². The van der Waals surface area contributed by atoms with Gasteiger partial charge in [0.2, 0.25) is 5.91 Å². The molecule has 2 aromatic rings. The summed E-state index contributed by atoms with van der Waals surface area (Å²) in [5.41, 5.74) is 0.839. The average Bonchev–Trinajstić information content (AvgIpc) is 2.71. The molecule has 100 valence electrons. The fraction of sp³-hybridized carbons (Fsp3) is 0.231. The second-order valence-electron chi connectivity index (χ2n) is 4.27. The Balaban J connectivity index is 2.15. The molecule has 0 saturated heterocycles. The highest BCUT2D eigenvalue weighted by Crippen LogP contribution is 2.20. The summed E-state index contributed by atoms with van der Waals surface area (Å²) in [4.78, 5) is 22.4. The van der Waals surface area contributed by atoms with Crippen LogP contribution in [0.4, 0.5) is 0 Å². The molecule has 0 aliphatic rings. The molecule has 5 nitrogen and oxygen atoms in total. The second-order valence-corrected chi connectivity index (χ2v) is 4.71. The van der Waals surface area contributed by atoms with Gasteiger partial charge in [-0.15, -0.1) is 0 Å². The number of halogens is 1. The highest BCUT2D eigenvalue weighted by Gasteiger charge is 2.14. The third kappa shape index (κ3) is 3.06. The SMILES string of the molecule is CC(NC(=O)Cn1ccc2ccc(Cl)cc21)C(=O)O. The molecule has 1 aromatic heterocycles. The number of carboxylic acid groups (broad SMARTS) is 1. The number of carboxylic acids is 1. The molecule has 19 heavy (non-hydrogen) atoms. The maximum Gasteiger partial charge on any atom is 0.325 e. The minimum atomic E-state index is -1.06. The van der Waals surface area contributed by atoms with Crippen molar-refractivity contribution >= 4 is 34.4 Å². The van der Waals surface area contributed by atoms with Crippen LogP contribution < -0.4 is 5.32 Å². The molecule has 0 aliphatic heterocycles. The summed E-state index contributed by atoms with van der Waals surface area (Å²) >= 11 is 5.92. The Kier molecular flexibility index (Phi) is 3.76. The van der Waals surface area contributed by atoms with Gasteiger partial charge >= 0.3 is 5.97 Å². The molecule has 2 rings (SSSR count). The molecule has 0 radical (unpaired) electrons. The van der Waals surface area contributed by atoms with Gasteiger partial charge in [0.05, 0.1) is 0 Å². The predicted molar refractivity (Wildman–Crippen MR) is 72.2 cm³/mol. The first-order valence-electron chi connectivity index (χ1n) is 5.74. The summed E-state index contributed by atoms with van der Waals surface area (Å²) < 4.78 is 1.73. The van der Waals surface area contributed by atoms with Crippen molar-refractivity contribution in [2.45, 2.75) is 19.5 Å². The van der Waals surface area contributed by atoms with Gasteiger partial charge in [0.15, 0.2) is 0 Å². The van der Waals surface area contributed by atoms with Crippen LogP contribution in [0.5, 0.6) is 0 Å². The number of amides is 1. The van der Waals surface area contributed by atoms with Crippen LogP contribution in [0.25, 0.3) is 10.9 Å². The zero-order valence-electron chi connectivity index (χ0n) is 10.3. The minimum absolute atomic E-state index is 0.0570. The predicted octanol–water partition coefficient (Wildman–Crippen LogP) is 1.88. The Bertz CT molecular complexity index is 636. The Morgan fingerprint density at radius 1 is 1.42 bits per heavy atom. The first-order valence-corrected chi connectivity index (χ1v) is 6.12. The zero-order chi connectivity index (χ0) is 14.0. The van der Waals surface area contributed by atoms with Gasteiger partial charge < -0.3 is 15.0 Å². The van der Waals surface area contributed by atoms with Crippen molar-refractivity contribution in [1.82, 2.24) is 9.88 Å². The number of aliphatic carboxylic acids is 1. The molecule has 0 aliphatic carbocycles. The van der Waals surface area contributed by atoms with E-state index in [4.69, 9.17) is 16.7 Å². The molecule has 0 fully saturated rings. The number of fused-ring (bicyclic) bond motifs is 1. The van der Waals surface area contributed by atoms with Crippen LogP contribution in [0.3, 0.4) is 0 Å². The van der Waals surface area contributed by atoms with Crippen LogP contribution in [0.1, 0.15) is 6.92 Å². The van der Waals surface area contributed by atoms with E-state index in [9.17, 15) is 9.59 Å². The van der Waals surface area contributed by atoms with Crippen molar-refractivity contribution < 1.29 is 14.7 Å². The van der Waals surface area contributed by atoms with E-state index in [0.29, 0.717) is 5.02 Å². The van der Waals surface area contributed by atoms with Gasteiger partial charge in [0.1, 0.15) is 12.6 Å². The van der Waals surface area contributed by atoms with Crippen LogP contribution in [0, 0.1) is 0 Å². The lowest BCUT2D eigenvalue weighted by atomic mass is 10.2. The second kappa shape index (κ2) is 5.32. The third-order valence-corrected chi connectivity index (χ3v) is 3.03. The highest BCUT2D eigenvalue weighted by atomic mass is 35.5. The molecular weight excluding hydrogens is 268 g/mol. The number of hydrogen-bond donors (Lipinski definition) is 2. The summed E-state index contributed by atoms with van der Waals surface area (Å²) in [5, 5.41) is 12.7. The molecule has 1 aromatic carbocycles. The normalized spacial score (nSPS) is 12.3. The maximum absolute atomic E-state index is 11.7. The standard InChI is InChI=1S/C13H13ClN2O3/c1-8(13(18)19)15-12(17)7-16-5-4-9-2-3-10(14)6-11(9)16/h2-6,8H,7H2,1H3,(H,15,17)(H,18,19). The largest absolute Gasteiger partial charge is 0.480 e. The van der Waals surface area contributed by atoms with E-state index >= 15 is 0 Å². The summed E-state index contributed by atoms with van der Waals surface area (Å²) in [6.07, 6.45) is 1.77. The fourth-order valence-electron chi connectivity index (χ4n) is 1.80. The maximum atomic E-state index is 11.7. The van der Waals surface area contributed by atoms with E-state index in [0.717, 1.165) is 10.9 Å². The molecular formula is C13H13ClN2O3. The monoisotopic (exact) mass is 280 g/mol. The van der Waals surface area contributed by atoms with Gasteiger partial charge in [-0.1, -0.05) is 17.7 Å². The van der Waals surface area contributed by atoms with Crippen molar-refractivity contribution in [3.05, 3.63) is 35.5 Å². The molecule has 2 N–H and O–H groups in total. The highest BCUT2D eigenvalue weighted by molar-refractivity contribution is 6.31. The molecule has 0 saturated carbocycles. The number of carbonyl (C=O) groups is 2. The Hall–Kier alpha value is -2.01. The van der Waals surface area contributed by atoms with Gasteiger partial charge in [0.25, 0.3) is 0 Å². The van der Waals surface area contributed by atoms with Crippen molar-refractivity contribution in [2.75, 3.05) is 0 Å². The number of benzene rings is 1. The van der Waals surface area contributed by atoms with Crippen molar-refractivity contribution in [2.24, 2.45) is 0 Å². The lowest BCUT2D eigenvalue weighted by Gasteiger charge is -2.10. The van der Waals surface area contributed by atoms with Crippen molar-refractivity contribution in [3.8, 4) is 0 Å². The van der Waals surface area contributed by atoms with Gasteiger partial charge in [-0.3, -0.25) is 9.59 Å². The Labute approximate surface area is 114 Å². The minimum Gasteiger partial charge on any atom is -0.480 e. The van der Waals surface area contributed by atoms with E-state index < -0.39 is 12.0 Å². The van der Waals surface area contributed by atoms with Gasteiger partial charge in [-0.05, 0) is 30.5 Å². The topological polar surface area (TPSA) is 71.3 Å². The number of rotatable bonds is 4. The van der Waals surface area contributed by atoms with Crippen LogP contribution in [-0.2, 0) is 16.1 Å². The summed E-state index contributed by atoms with van der Waals surface area (Å²) in [7, 11) is 0. The quantitative estimate of drug-likeness (QED) is 0.898. The van der Waals surface area contributed by atoms with Gasteiger partial charge in [-0.25, -0.2) is 0 Å². The summed E-state index contributed by atoms with van der Waals surface area (Å²) in [6.45, 7) is 1.48. The third-order valence-electron chi connectivity index (χ3n) is 2.80. The smallest absolute Gasteiger partial charge is 0.325 e. The lowest BCUT2D eigenvalue weighted by molar-refractivity contribution is -0.141. The van der Waals surface area contributed by atoms with E-state index in [1.807, 2.05) is 12.1 Å².